The number of halogens is 12. The van der Waals surface area contributed by atoms with Crippen molar-refractivity contribution in [3.8, 4) is 33.4 Å². The molecule has 16 rings (SSSR count). The second-order valence-corrected chi connectivity index (χ2v) is 36.2. The fourth-order valence-electron chi connectivity index (χ4n) is 17.2. The van der Waals surface area contributed by atoms with Gasteiger partial charge in [-0.05, 0) is 178 Å². The molecule has 0 saturated carbocycles. The summed E-state index contributed by atoms with van der Waals surface area (Å²) in [6, 6.07) is 31.2. The van der Waals surface area contributed by atoms with Crippen LogP contribution in [0.5, 0.6) is 0 Å². The Morgan fingerprint density at radius 2 is 0.828 bits per heavy atom. The van der Waals surface area contributed by atoms with Gasteiger partial charge >= 0.3 is 18.5 Å². The molecular weight excluding hydrogens is 1700 g/mol. The molecule has 0 aromatic heterocycles. The number of alkyl halides is 9. The Hall–Kier alpha value is -11.0. The zero-order valence-corrected chi connectivity index (χ0v) is 72.4. The Kier molecular flexibility index (Phi) is 28.5. The molecule has 10 aliphatic heterocycles. The monoisotopic (exact) mass is 1800 g/mol. The quantitative estimate of drug-likeness (QED) is 0.0393. The number of amides is 3. The first kappa shape index (κ1) is 93.1. The fourth-order valence-corrected chi connectivity index (χ4v) is 18.2. The van der Waals surface area contributed by atoms with Gasteiger partial charge in [0, 0.05) is 188 Å². The van der Waals surface area contributed by atoms with Gasteiger partial charge in [-0.3, -0.25) is 29.1 Å². The highest BCUT2D eigenvalue weighted by Crippen LogP contribution is 2.44. The van der Waals surface area contributed by atoms with Crippen molar-refractivity contribution in [2.24, 2.45) is 0 Å². The third-order valence-electron chi connectivity index (χ3n) is 24.6. The van der Waals surface area contributed by atoms with E-state index in [1.807, 2.05) is 44.1 Å². The van der Waals surface area contributed by atoms with Crippen LogP contribution in [0.4, 0.5) is 86.8 Å². The smallest absolute Gasteiger partial charge is 0.380 e. The Labute approximate surface area is 736 Å². The first-order valence-electron chi connectivity index (χ1n) is 42.2. The minimum absolute atomic E-state index is 0.00474. The summed E-state index contributed by atoms with van der Waals surface area (Å²) < 4.78 is 205. The van der Waals surface area contributed by atoms with E-state index in [-0.39, 0.29) is 28.3 Å². The molecule has 6 aromatic rings. The number of hydrogen-bond acceptors (Lipinski definition) is 19. The van der Waals surface area contributed by atoms with Gasteiger partial charge in [-0.15, -0.1) is 0 Å². The largest absolute Gasteiger partial charge is 0.417 e. The van der Waals surface area contributed by atoms with Gasteiger partial charge < -0.3 is 70.8 Å². The Balaban J connectivity index is 0.000000155. The van der Waals surface area contributed by atoms with Crippen molar-refractivity contribution in [2.45, 2.75) is 80.8 Å². The number of dihydropyridines is 3. The summed E-state index contributed by atoms with van der Waals surface area (Å²) in [7, 11) is 4.86. The molecule has 4 atom stereocenters. The molecule has 2 bridgehead atoms. The van der Waals surface area contributed by atoms with Gasteiger partial charge in [0.2, 0.25) is 0 Å². The summed E-state index contributed by atoms with van der Waals surface area (Å²) >= 11 is 0. The molecule has 10 aliphatic rings. The van der Waals surface area contributed by atoms with Gasteiger partial charge in [0.1, 0.15) is 17.5 Å². The van der Waals surface area contributed by atoms with Crippen LogP contribution in [0.1, 0.15) is 36.0 Å². The molecule has 682 valence electrons. The Morgan fingerprint density at radius 1 is 0.469 bits per heavy atom. The Bertz CT molecular complexity index is 5550. The maximum atomic E-state index is 15.2. The molecule has 7 saturated heterocycles. The van der Waals surface area contributed by atoms with Crippen molar-refractivity contribution in [3.63, 3.8) is 0 Å². The molecule has 0 radical (unpaired) electrons. The number of carbonyl (C=O) groups excluding carboxylic acids is 3. The summed E-state index contributed by atoms with van der Waals surface area (Å²) in [6.45, 7) is 24.6. The van der Waals surface area contributed by atoms with Crippen LogP contribution in [0.25, 0.3) is 33.4 Å². The van der Waals surface area contributed by atoms with Crippen molar-refractivity contribution in [1.29, 1.82) is 0 Å². The van der Waals surface area contributed by atoms with Crippen LogP contribution in [0.15, 0.2) is 216 Å². The number of allylic oxidation sites excluding steroid dienone is 3. The maximum Gasteiger partial charge on any atom is 0.417 e. The lowest BCUT2D eigenvalue weighted by molar-refractivity contribution is -0.131. The van der Waals surface area contributed by atoms with Crippen LogP contribution in [0.2, 0.25) is 0 Å². The summed E-state index contributed by atoms with van der Waals surface area (Å²) in [6.07, 6.45) is -5.06. The van der Waals surface area contributed by atoms with E-state index < -0.39 is 102 Å². The second kappa shape index (κ2) is 39.1. The minimum Gasteiger partial charge on any atom is -0.380 e. The molecule has 6 aromatic carbocycles. The predicted molar refractivity (Wildman–Crippen MR) is 472 cm³/mol. The van der Waals surface area contributed by atoms with Crippen molar-refractivity contribution in [1.82, 2.24) is 45.3 Å². The highest BCUT2D eigenvalue weighted by atomic mass is 32.2. The number of nitrogens with one attached hydrogen (secondary N) is 6. The van der Waals surface area contributed by atoms with Gasteiger partial charge in [-0.25, -0.2) is 21.6 Å². The van der Waals surface area contributed by atoms with Gasteiger partial charge in [0.25, 0.3) is 17.7 Å². The number of anilines is 6. The van der Waals surface area contributed by atoms with Crippen molar-refractivity contribution in [3.05, 3.63) is 250 Å². The van der Waals surface area contributed by atoms with Crippen molar-refractivity contribution >= 4 is 61.7 Å². The predicted octanol–water partition coefficient (Wildman–Crippen LogP) is 13.8. The number of carbonyl (C=O) groups is 3. The number of morpholine rings is 1. The number of hydrogen-bond donors (Lipinski definition) is 6. The van der Waals surface area contributed by atoms with Gasteiger partial charge in [-0.1, -0.05) is 56.1 Å². The van der Waals surface area contributed by atoms with Crippen LogP contribution in [-0.2, 0) is 53.3 Å². The number of ether oxygens (including phenoxy) is 2. The third-order valence-corrected chi connectivity index (χ3v) is 26.2. The number of likely N-dealkylation sites (N-methyl/N-ethyl adjacent to an activating group) is 4. The van der Waals surface area contributed by atoms with E-state index in [0.717, 1.165) is 112 Å². The van der Waals surface area contributed by atoms with E-state index in [2.05, 4.69) is 85.9 Å². The lowest BCUT2D eigenvalue weighted by Crippen LogP contribution is -2.62. The molecule has 3 amide bonds. The first-order valence-corrected chi connectivity index (χ1v) is 44.1. The van der Waals surface area contributed by atoms with E-state index in [4.69, 9.17) is 9.47 Å². The van der Waals surface area contributed by atoms with E-state index in [1.54, 1.807) is 84.9 Å². The fraction of sp³-hybridized carbons (Fsp3) is 0.387. The normalized spacial score (nSPS) is 21.1. The lowest BCUT2D eigenvalue weighted by atomic mass is 9.90. The number of likely N-dealkylation sites (tertiary alicyclic amines) is 1. The highest BCUT2D eigenvalue weighted by Gasteiger charge is 2.45. The minimum atomic E-state index is -4.78. The topological polar surface area (TPSA) is 205 Å². The zero-order valence-electron chi connectivity index (χ0n) is 71.6. The molecule has 6 N–H and O–H groups in total. The average molecular weight is 1800 g/mol. The standard InChI is InChI=1S/C31H35F4N5O3S.C31H33F4N5O2.C31H35F4N5O2/c1-20-14-26(31(33,34)35)25(17-36-20)30(41)37-28-16-22(5-7-29(28)40-12-10-38(2)11-13-40)24-15-21(4-6-27(24)32)18-39-9-8-23(19-39)44(3,42)43;1-19-11-26(31(33,34)35)25(15-36-19)30(41)37-28-13-21(4-6-29(28)39-9-7-38(2)8-10-39)24-12-20(3-5-27(24)32)16-40-22-14-23(40)18-42-17-22;1-20-14-26(31(33,34)35)25(17-36-20)30(41)37-28-16-22(5-7-29(28)40-11-9-38(2)10-12-40)24-15-21(4-6-27(24)32)18-39(3)23-8-13-42-19-23/h4-7,14-17,23,36H,1,8-13,18-19H2,2-3H3,(H,37,41);3-6,11-13,15,22-23,36H,1,7-10,14,16-18H2,2H3,(H,37,41);4-7,14-17,23,36H,1,8-13,18-19H2,2-3H3,(H,37,41)/t23-;;/m1../s1. The lowest BCUT2D eigenvalue weighted by Gasteiger charge is -2.52. The number of benzene rings is 6. The molecular formula is C93H103F12N15O7S. The summed E-state index contributed by atoms with van der Waals surface area (Å²) in [4.78, 5) is 59.2. The van der Waals surface area contributed by atoms with E-state index in [1.165, 1.54) is 24.5 Å². The maximum absolute atomic E-state index is 15.2. The summed E-state index contributed by atoms with van der Waals surface area (Å²) in [5.74, 6) is -4.18. The third kappa shape index (κ3) is 22.4. The van der Waals surface area contributed by atoms with Gasteiger partial charge in [0.05, 0.1) is 92.6 Å². The SMILES string of the molecule is C=C1C=C(C(F)(F)F)C(C(=O)Nc2cc(-c3cc(CN(C)C4CCOC4)ccc3F)ccc2N2CCN(C)CC2)=CN1.C=C1C=C(C(F)(F)F)C(C(=O)Nc2cc(-c3cc(CN4C5COCC4C5)ccc3F)ccc2N2CCN(C)CC2)=CN1.C=C1C=C(C(F)(F)F)C(C(=O)Nc2cc(-c3cc(CN4CC[C@@H](S(C)(=O)=O)C4)ccc3F)ccc2N2CCN(C)CC2)=CN1. The van der Waals surface area contributed by atoms with Gasteiger partial charge in [0.15, 0.2) is 9.84 Å². The first-order chi connectivity index (χ1) is 60.7. The number of sulfone groups is 1. The number of fused-ring (bicyclic) bond motifs is 2. The van der Waals surface area contributed by atoms with E-state index in [0.29, 0.717) is 173 Å². The molecule has 22 nitrogen and oxygen atoms in total. The van der Waals surface area contributed by atoms with Crippen LogP contribution in [0.3, 0.4) is 0 Å². The number of nitrogens with zero attached hydrogens (tertiary/aromatic N) is 9. The molecule has 7 fully saturated rings. The van der Waals surface area contributed by atoms with Crippen LogP contribution >= 0.6 is 0 Å². The van der Waals surface area contributed by atoms with Crippen LogP contribution < -0.4 is 46.6 Å². The zero-order chi connectivity index (χ0) is 91.4. The van der Waals surface area contributed by atoms with E-state index in [9.17, 15) is 62.3 Å². The summed E-state index contributed by atoms with van der Waals surface area (Å²) in [5, 5.41) is 15.4. The van der Waals surface area contributed by atoms with Crippen LogP contribution in [-0.4, -0.2) is 250 Å². The number of piperazine rings is 3. The highest BCUT2D eigenvalue weighted by molar-refractivity contribution is 7.91. The molecule has 0 spiro atoms. The average Bonchev–Trinajstić information content (AvgIpc) is 1.16. The molecule has 3 unspecified atom stereocenters. The molecule has 128 heavy (non-hydrogen) atoms. The van der Waals surface area contributed by atoms with Gasteiger partial charge in [-0.2, -0.15) is 39.5 Å². The molecule has 0 aliphatic carbocycles. The van der Waals surface area contributed by atoms with Crippen LogP contribution in [0, 0.1) is 17.5 Å². The summed E-state index contributed by atoms with van der Waals surface area (Å²) in [5.41, 5.74) is 2.94. The van der Waals surface area contributed by atoms with E-state index >= 15 is 13.2 Å². The molecule has 35 heteroatoms. The second-order valence-electron chi connectivity index (χ2n) is 33.9. The number of rotatable bonds is 20. The Morgan fingerprint density at radius 3 is 1.16 bits per heavy atom. The molecule has 10 heterocycles. The van der Waals surface area contributed by atoms with Crippen molar-refractivity contribution < 1.29 is 85.0 Å². The van der Waals surface area contributed by atoms with Crippen molar-refractivity contribution in [2.75, 3.05) is 183 Å².